The van der Waals surface area contributed by atoms with Crippen molar-refractivity contribution in [2.75, 3.05) is 33.4 Å². The molecule has 1 heterocycles. The smallest absolute Gasteiger partial charge is 0.258 e. The summed E-state index contributed by atoms with van der Waals surface area (Å²) in [6.45, 7) is 7.00. The summed E-state index contributed by atoms with van der Waals surface area (Å²) in [5.41, 5.74) is 2.32. The van der Waals surface area contributed by atoms with Crippen LogP contribution in [0.15, 0.2) is 42.5 Å². The van der Waals surface area contributed by atoms with Gasteiger partial charge in [0.05, 0.1) is 12.6 Å². The van der Waals surface area contributed by atoms with Crippen LogP contribution in [0.2, 0.25) is 0 Å². The van der Waals surface area contributed by atoms with E-state index < -0.39 is 5.41 Å². The third-order valence-electron chi connectivity index (χ3n) is 5.43. The fraction of sp³-hybridized carbons (Fsp3) is 0.440. The Balaban J connectivity index is 1.90. The number of fused-ring (bicyclic) bond motifs is 1. The van der Waals surface area contributed by atoms with Gasteiger partial charge in [0, 0.05) is 25.6 Å². The van der Waals surface area contributed by atoms with E-state index in [4.69, 9.17) is 9.47 Å². The molecule has 0 saturated heterocycles. The van der Waals surface area contributed by atoms with Gasteiger partial charge in [-0.3, -0.25) is 9.59 Å². The fourth-order valence-corrected chi connectivity index (χ4v) is 3.83. The van der Waals surface area contributed by atoms with Gasteiger partial charge in [0.2, 0.25) is 5.91 Å². The number of carbonyl (C=O) groups is 2. The molecular formula is C25H31FN2O4. The zero-order chi connectivity index (χ0) is 23.3. The lowest BCUT2D eigenvalue weighted by molar-refractivity contribution is -0.141. The Morgan fingerprint density at radius 2 is 1.88 bits per heavy atom. The van der Waals surface area contributed by atoms with Gasteiger partial charge in [-0.05, 0) is 47.4 Å². The molecule has 2 aromatic rings. The van der Waals surface area contributed by atoms with Crippen molar-refractivity contribution in [2.24, 2.45) is 5.41 Å². The molecule has 0 aromatic heterocycles. The largest absolute Gasteiger partial charge is 0.484 e. The van der Waals surface area contributed by atoms with Crippen LogP contribution in [0.25, 0.3) is 0 Å². The molecule has 0 fully saturated rings. The van der Waals surface area contributed by atoms with E-state index >= 15 is 0 Å². The summed E-state index contributed by atoms with van der Waals surface area (Å²) < 4.78 is 24.2. The van der Waals surface area contributed by atoms with Crippen LogP contribution < -0.4 is 10.1 Å². The van der Waals surface area contributed by atoms with Crippen molar-refractivity contribution in [2.45, 2.75) is 33.2 Å². The van der Waals surface area contributed by atoms with Gasteiger partial charge in [-0.15, -0.1) is 0 Å². The molecule has 0 saturated carbocycles. The van der Waals surface area contributed by atoms with Gasteiger partial charge < -0.3 is 19.7 Å². The molecule has 0 aliphatic carbocycles. The van der Waals surface area contributed by atoms with Gasteiger partial charge in [0.25, 0.3) is 5.91 Å². The van der Waals surface area contributed by atoms with Crippen molar-refractivity contribution >= 4 is 11.8 Å². The van der Waals surface area contributed by atoms with E-state index in [0.717, 1.165) is 16.7 Å². The number of rotatable bonds is 7. The molecule has 1 aliphatic heterocycles. The minimum Gasteiger partial charge on any atom is -0.484 e. The second-order valence-corrected chi connectivity index (χ2v) is 8.94. The number of hydrogen-bond acceptors (Lipinski definition) is 4. The predicted octanol–water partition coefficient (Wildman–Crippen LogP) is 3.49. The molecule has 2 amide bonds. The zero-order valence-corrected chi connectivity index (χ0v) is 19.1. The van der Waals surface area contributed by atoms with E-state index in [2.05, 4.69) is 5.32 Å². The minimum atomic E-state index is -0.551. The van der Waals surface area contributed by atoms with Crippen molar-refractivity contribution in [1.82, 2.24) is 10.2 Å². The fourth-order valence-electron chi connectivity index (χ4n) is 3.83. The Kier molecular flexibility index (Phi) is 7.51. The topological polar surface area (TPSA) is 67.9 Å². The van der Waals surface area contributed by atoms with Crippen LogP contribution in [-0.2, 0) is 20.7 Å². The summed E-state index contributed by atoms with van der Waals surface area (Å²) in [6.07, 6.45) is 0.715. The molecule has 6 nitrogen and oxygen atoms in total. The normalized spacial score (nSPS) is 15.8. The highest BCUT2D eigenvalue weighted by Gasteiger charge is 2.37. The van der Waals surface area contributed by atoms with E-state index in [1.165, 1.54) is 12.1 Å². The van der Waals surface area contributed by atoms with Crippen LogP contribution in [0, 0.1) is 11.2 Å². The van der Waals surface area contributed by atoms with Gasteiger partial charge >= 0.3 is 0 Å². The summed E-state index contributed by atoms with van der Waals surface area (Å²) in [5, 5.41) is 2.72. The number of halogens is 1. The summed E-state index contributed by atoms with van der Waals surface area (Å²) >= 11 is 0. The van der Waals surface area contributed by atoms with Gasteiger partial charge in [-0.1, -0.05) is 39.0 Å². The molecule has 1 unspecified atom stereocenters. The second-order valence-electron chi connectivity index (χ2n) is 8.94. The SMILES string of the molecule is COCCNC(=O)COc1ccc2c(c1)C(c1ccc(F)cc1)N(C(=O)C(C)(C)C)CC2. The third kappa shape index (κ3) is 5.65. The van der Waals surface area contributed by atoms with Crippen LogP contribution in [0.1, 0.15) is 43.5 Å². The van der Waals surface area contributed by atoms with Crippen LogP contribution in [-0.4, -0.2) is 50.1 Å². The first-order valence-electron chi connectivity index (χ1n) is 10.8. The van der Waals surface area contributed by atoms with E-state index in [1.54, 1.807) is 19.2 Å². The number of nitrogens with zero attached hydrogens (tertiary/aromatic N) is 1. The Labute approximate surface area is 188 Å². The molecular weight excluding hydrogens is 411 g/mol. The number of benzene rings is 2. The highest BCUT2D eigenvalue weighted by atomic mass is 19.1. The van der Waals surface area contributed by atoms with Crippen LogP contribution in [0.4, 0.5) is 4.39 Å². The molecule has 172 valence electrons. The molecule has 1 N–H and O–H groups in total. The molecule has 1 aliphatic rings. The lowest BCUT2D eigenvalue weighted by atomic mass is 9.85. The van der Waals surface area contributed by atoms with Crippen LogP contribution in [0.3, 0.4) is 0 Å². The Morgan fingerprint density at radius 3 is 2.53 bits per heavy atom. The van der Waals surface area contributed by atoms with Gasteiger partial charge in [-0.25, -0.2) is 4.39 Å². The third-order valence-corrected chi connectivity index (χ3v) is 5.43. The van der Waals surface area contributed by atoms with Gasteiger partial charge in [-0.2, -0.15) is 0 Å². The Hall–Kier alpha value is -2.93. The molecule has 1 atom stereocenters. The number of carbonyl (C=O) groups excluding carboxylic acids is 2. The first-order valence-corrected chi connectivity index (χ1v) is 10.8. The maximum absolute atomic E-state index is 13.6. The minimum absolute atomic E-state index is 0.0290. The summed E-state index contributed by atoms with van der Waals surface area (Å²) in [7, 11) is 1.57. The van der Waals surface area contributed by atoms with Gasteiger partial charge in [0.15, 0.2) is 6.61 Å². The quantitative estimate of drug-likeness (QED) is 0.667. The molecule has 0 radical (unpaired) electrons. The Morgan fingerprint density at radius 1 is 1.16 bits per heavy atom. The van der Waals surface area contributed by atoms with Crippen molar-refractivity contribution < 1.29 is 23.5 Å². The first-order chi connectivity index (χ1) is 15.2. The van der Waals surface area contributed by atoms with E-state index in [9.17, 15) is 14.0 Å². The summed E-state index contributed by atoms with van der Waals surface area (Å²) in [6, 6.07) is 11.6. The van der Waals surface area contributed by atoms with Gasteiger partial charge in [0.1, 0.15) is 11.6 Å². The van der Waals surface area contributed by atoms with Crippen LogP contribution in [0.5, 0.6) is 5.75 Å². The lowest BCUT2D eigenvalue weighted by Crippen LogP contribution is -2.45. The van der Waals surface area contributed by atoms with E-state index in [0.29, 0.717) is 31.9 Å². The highest BCUT2D eigenvalue weighted by molar-refractivity contribution is 5.83. The lowest BCUT2D eigenvalue weighted by Gasteiger charge is -2.41. The van der Waals surface area contributed by atoms with Crippen molar-refractivity contribution in [3.05, 3.63) is 65.0 Å². The maximum Gasteiger partial charge on any atom is 0.258 e. The average Bonchev–Trinajstić information content (AvgIpc) is 2.76. The molecule has 32 heavy (non-hydrogen) atoms. The maximum atomic E-state index is 13.6. The molecule has 0 bridgehead atoms. The Bertz CT molecular complexity index is 953. The predicted molar refractivity (Wildman–Crippen MR) is 120 cm³/mol. The first kappa shape index (κ1) is 23.7. The van der Waals surface area contributed by atoms with Crippen molar-refractivity contribution in [3.8, 4) is 5.75 Å². The number of methoxy groups -OCH3 is 1. The monoisotopic (exact) mass is 442 g/mol. The number of amides is 2. The highest BCUT2D eigenvalue weighted by Crippen LogP contribution is 2.39. The van der Waals surface area contributed by atoms with Crippen molar-refractivity contribution in [3.63, 3.8) is 0 Å². The zero-order valence-electron chi connectivity index (χ0n) is 19.1. The standard InChI is InChI=1S/C25H31FN2O4/c1-25(2,3)24(30)28-13-11-17-7-10-20(32-16-22(29)27-12-14-31-4)15-21(17)23(28)18-5-8-19(26)9-6-18/h5-10,15,23H,11-14,16H2,1-4H3,(H,27,29). The molecule has 7 heteroatoms. The van der Waals surface area contributed by atoms with E-state index in [-0.39, 0.29) is 30.3 Å². The van der Waals surface area contributed by atoms with Crippen LogP contribution >= 0.6 is 0 Å². The number of ether oxygens (including phenoxy) is 2. The number of nitrogens with one attached hydrogen (secondary N) is 1. The van der Waals surface area contributed by atoms with Crippen molar-refractivity contribution in [1.29, 1.82) is 0 Å². The van der Waals surface area contributed by atoms with E-state index in [1.807, 2.05) is 43.9 Å². The summed E-state index contributed by atoms with van der Waals surface area (Å²) in [5.74, 6) is 0.0126. The summed E-state index contributed by atoms with van der Waals surface area (Å²) in [4.78, 5) is 27.1. The molecule has 3 rings (SSSR count). The molecule has 2 aromatic carbocycles. The molecule has 0 spiro atoms. The second kappa shape index (κ2) is 10.1. The number of hydrogen-bond donors (Lipinski definition) is 1. The average molecular weight is 443 g/mol.